The lowest BCUT2D eigenvalue weighted by Crippen LogP contribution is -2.54. The number of fused-ring (bicyclic) bond motifs is 1. The number of hydrogen-bond acceptors (Lipinski definition) is 11. The van der Waals surface area contributed by atoms with E-state index in [4.69, 9.17) is 10.7 Å². The Kier molecular flexibility index (Phi) is 10.5. The van der Waals surface area contributed by atoms with Crippen molar-refractivity contribution in [3.05, 3.63) is 94.2 Å². The normalized spacial score (nSPS) is 15.3. The first kappa shape index (κ1) is 38.7. The van der Waals surface area contributed by atoms with Crippen LogP contribution in [0.3, 0.4) is 0 Å². The second-order valence-corrected chi connectivity index (χ2v) is 17.9. The summed E-state index contributed by atoms with van der Waals surface area (Å²) in [6.45, 7) is 7.65. The molecule has 18 heteroatoms. The minimum atomic E-state index is -4.05. The van der Waals surface area contributed by atoms with Gasteiger partial charge >= 0.3 is 5.69 Å². The van der Waals surface area contributed by atoms with E-state index in [0.717, 1.165) is 36.4 Å². The zero-order valence-electron chi connectivity index (χ0n) is 29.5. The standard InChI is InChI=1S/C36H35ClF2N6O7S2/c1-20(2)31-33(21(3)12-14-40-31)45-35-25(18-27(39)32(41-35)30-26(38)6-5-7-28(30)46)34(42-36(45)48)44-16-15-43(19-22(44)4)29(47)13-17-53(49,50)23-8-10-24(11-9-23)54(37,51)52/h5-12,14,18,20,22,46H,13,15-17,19H2,1-4H3/t22-/m0/s1. The number of nitrogens with zero attached hydrogens (tertiary/aromatic N) is 6. The summed E-state index contributed by atoms with van der Waals surface area (Å²) >= 11 is 0. The molecule has 4 heterocycles. The number of piperazine rings is 1. The molecule has 6 rings (SSSR count). The molecule has 0 radical (unpaired) electrons. The minimum Gasteiger partial charge on any atom is -0.507 e. The second-order valence-electron chi connectivity index (χ2n) is 13.3. The van der Waals surface area contributed by atoms with E-state index in [-0.39, 0.29) is 58.6 Å². The summed E-state index contributed by atoms with van der Waals surface area (Å²) < 4.78 is 81.3. The van der Waals surface area contributed by atoms with Crippen molar-refractivity contribution in [2.45, 2.75) is 55.9 Å². The van der Waals surface area contributed by atoms with Crippen molar-refractivity contribution in [3.8, 4) is 22.7 Å². The number of carbonyl (C=O) groups is 1. The summed E-state index contributed by atoms with van der Waals surface area (Å²) in [6.07, 6.45) is 1.25. The number of hydrogen-bond donors (Lipinski definition) is 1. The topological polar surface area (TPSA) is 173 Å². The van der Waals surface area contributed by atoms with Crippen LogP contribution in [0.25, 0.3) is 28.0 Å². The molecular weight excluding hydrogens is 766 g/mol. The predicted molar refractivity (Wildman–Crippen MR) is 198 cm³/mol. The van der Waals surface area contributed by atoms with Gasteiger partial charge in [0.05, 0.1) is 37.9 Å². The fraction of sp³-hybridized carbons (Fsp3) is 0.306. The van der Waals surface area contributed by atoms with Gasteiger partial charge in [-0.3, -0.25) is 9.78 Å². The first-order valence-corrected chi connectivity index (χ1v) is 20.7. The fourth-order valence-corrected chi connectivity index (χ4v) is 8.54. The third kappa shape index (κ3) is 7.39. The molecule has 0 aliphatic carbocycles. The van der Waals surface area contributed by atoms with Gasteiger partial charge < -0.3 is 14.9 Å². The summed E-state index contributed by atoms with van der Waals surface area (Å²) in [7, 11) is -2.68. The van der Waals surface area contributed by atoms with Gasteiger partial charge in [0.1, 0.15) is 23.1 Å². The van der Waals surface area contributed by atoms with Crippen LogP contribution in [0.2, 0.25) is 0 Å². The van der Waals surface area contributed by atoms with E-state index in [1.807, 2.05) is 13.8 Å². The average Bonchev–Trinajstić information content (AvgIpc) is 3.10. The van der Waals surface area contributed by atoms with Crippen LogP contribution in [-0.4, -0.2) is 83.7 Å². The zero-order valence-corrected chi connectivity index (χ0v) is 31.9. The maximum atomic E-state index is 16.1. The van der Waals surface area contributed by atoms with Crippen LogP contribution in [0.5, 0.6) is 5.75 Å². The molecule has 5 aromatic rings. The van der Waals surface area contributed by atoms with Crippen LogP contribution in [0.1, 0.15) is 44.4 Å². The summed E-state index contributed by atoms with van der Waals surface area (Å²) in [6, 6.07) is 10.2. The van der Waals surface area contributed by atoms with Gasteiger partial charge in [-0.1, -0.05) is 19.9 Å². The highest BCUT2D eigenvalue weighted by Gasteiger charge is 2.32. The first-order valence-electron chi connectivity index (χ1n) is 16.8. The minimum absolute atomic E-state index is 0.0605. The van der Waals surface area contributed by atoms with Crippen molar-refractivity contribution < 1.29 is 35.5 Å². The monoisotopic (exact) mass is 800 g/mol. The number of aromatic nitrogens is 4. The molecule has 1 saturated heterocycles. The molecule has 0 saturated carbocycles. The third-order valence-electron chi connectivity index (χ3n) is 9.26. The van der Waals surface area contributed by atoms with Gasteiger partial charge in [-0.05, 0) is 73.9 Å². The Labute approximate surface area is 314 Å². The number of phenolic OH excluding ortho intramolecular Hbond substituents is 1. The highest BCUT2D eigenvalue weighted by molar-refractivity contribution is 8.13. The maximum absolute atomic E-state index is 16.1. The molecular formula is C36H35ClF2N6O7S2. The first-order chi connectivity index (χ1) is 25.4. The van der Waals surface area contributed by atoms with E-state index >= 15 is 8.78 Å². The number of halogens is 3. The van der Waals surface area contributed by atoms with Crippen LogP contribution in [0.4, 0.5) is 14.6 Å². The quantitative estimate of drug-likeness (QED) is 0.197. The summed E-state index contributed by atoms with van der Waals surface area (Å²) in [4.78, 5) is 43.6. The Morgan fingerprint density at radius 1 is 1.00 bits per heavy atom. The number of benzene rings is 2. The molecule has 2 aromatic carbocycles. The molecule has 0 unspecified atom stereocenters. The van der Waals surface area contributed by atoms with Crippen LogP contribution < -0.4 is 10.6 Å². The molecule has 1 amide bonds. The predicted octanol–water partition coefficient (Wildman–Crippen LogP) is 5.09. The van der Waals surface area contributed by atoms with Crippen molar-refractivity contribution >= 4 is 52.3 Å². The maximum Gasteiger partial charge on any atom is 0.355 e. The number of aromatic hydroxyl groups is 1. The second kappa shape index (κ2) is 14.7. The highest BCUT2D eigenvalue weighted by atomic mass is 35.7. The molecule has 0 spiro atoms. The lowest BCUT2D eigenvalue weighted by Gasteiger charge is -2.41. The Balaban J connectivity index is 1.35. The molecule has 1 atom stereocenters. The zero-order chi connectivity index (χ0) is 39.3. The lowest BCUT2D eigenvalue weighted by atomic mass is 10.0. The largest absolute Gasteiger partial charge is 0.507 e. The molecule has 1 aliphatic heterocycles. The smallest absolute Gasteiger partial charge is 0.355 e. The van der Waals surface area contributed by atoms with Gasteiger partial charge in [-0.2, -0.15) is 4.98 Å². The van der Waals surface area contributed by atoms with Crippen LogP contribution in [0.15, 0.2) is 75.4 Å². The van der Waals surface area contributed by atoms with Crippen LogP contribution in [0, 0.1) is 18.6 Å². The Morgan fingerprint density at radius 3 is 2.31 bits per heavy atom. The Hall–Kier alpha value is -5.00. The van der Waals surface area contributed by atoms with Crippen molar-refractivity contribution in [1.29, 1.82) is 0 Å². The molecule has 3 aromatic heterocycles. The number of carbonyl (C=O) groups excluding carboxylic acids is 1. The van der Waals surface area contributed by atoms with Crippen molar-refractivity contribution in [2.24, 2.45) is 0 Å². The number of rotatable bonds is 9. The van der Waals surface area contributed by atoms with Gasteiger partial charge in [0.15, 0.2) is 21.3 Å². The molecule has 1 fully saturated rings. The number of anilines is 1. The highest BCUT2D eigenvalue weighted by Crippen LogP contribution is 2.37. The number of aryl methyl sites for hydroxylation is 1. The summed E-state index contributed by atoms with van der Waals surface area (Å²) in [5.41, 5.74) is -0.269. The molecule has 1 N–H and O–H groups in total. The van der Waals surface area contributed by atoms with Crippen molar-refractivity contribution in [2.75, 3.05) is 30.3 Å². The van der Waals surface area contributed by atoms with Crippen LogP contribution >= 0.6 is 10.7 Å². The van der Waals surface area contributed by atoms with Gasteiger partial charge in [-0.15, -0.1) is 0 Å². The number of sulfone groups is 1. The lowest BCUT2D eigenvalue weighted by molar-refractivity contribution is -0.131. The van der Waals surface area contributed by atoms with E-state index in [1.54, 1.807) is 31.0 Å². The number of phenols is 1. The average molecular weight is 801 g/mol. The molecule has 13 nitrogen and oxygen atoms in total. The number of pyridine rings is 2. The molecule has 284 valence electrons. The van der Waals surface area contributed by atoms with E-state index in [2.05, 4.69) is 15.0 Å². The molecule has 54 heavy (non-hydrogen) atoms. The van der Waals surface area contributed by atoms with Crippen molar-refractivity contribution in [1.82, 2.24) is 24.4 Å². The van der Waals surface area contributed by atoms with E-state index in [9.17, 15) is 31.5 Å². The third-order valence-corrected chi connectivity index (χ3v) is 12.4. The van der Waals surface area contributed by atoms with Crippen LogP contribution in [-0.2, 0) is 23.7 Å². The SMILES string of the molecule is Cc1ccnc(C(C)C)c1-n1c(=O)nc(N2CCN(C(=O)CCS(=O)(=O)c3ccc(S(=O)(=O)Cl)cc3)C[C@@H]2C)c2cc(F)c(-c3c(O)cccc3F)nc21. The van der Waals surface area contributed by atoms with E-state index < -0.39 is 70.9 Å². The van der Waals surface area contributed by atoms with E-state index in [0.29, 0.717) is 16.9 Å². The fourth-order valence-electron chi connectivity index (χ4n) is 6.54. The molecule has 0 bridgehead atoms. The van der Waals surface area contributed by atoms with Gasteiger partial charge in [0.2, 0.25) is 5.91 Å². The Morgan fingerprint density at radius 2 is 1.69 bits per heavy atom. The van der Waals surface area contributed by atoms with Gasteiger partial charge in [0.25, 0.3) is 9.05 Å². The van der Waals surface area contributed by atoms with Crippen molar-refractivity contribution in [3.63, 3.8) is 0 Å². The molecule has 1 aliphatic rings. The summed E-state index contributed by atoms with van der Waals surface area (Å²) in [5.74, 6) is -3.53. The number of amides is 1. The Bertz CT molecular complexity index is 2570. The van der Waals surface area contributed by atoms with Gasteiger partial charge in [-0.25, -0.2) is 40.0 Å². The summed E-state index contributed by atoms with van der Waals surface area (Å²) in [5, 5.41) is 10.7. The van der Waals surface area contributed by atoms with Gasteiger partial charge in [0, 0.05) is 49.0 Å². The van der Waals surface area contributed by atoms with E-state index in [1.165, 1.54) is 21.6 Å².